The lowest BCUT2D eigenvalue weighted by molar-refractivity contribution is -0.113. The van der Waals surface area contributed by atoms with Gasteiger partial charge in [-0.3, -0.25) is 0 Å². The zero-order valence-electron chi connectivity index (χ0n) is 6.17. The van der Waals surface area contributed by atoms with Crippen molar-refractivity contribution in [3.63, 3.8) is 0 Å². The van der Waals surface area contributed by atoms with Gasteiger partial charge < -0.3 is 25.2 Å². The van der Waals surface area contributed by atoms with Crippen molar-refractivity contribution in [3.8, 4) is 0 Å². The SMILES string of the molecule is O=C[C@H](I)[C@@H](O)[C@H](O)[C@H](O)CO. The van der Waals surface area contributed by atoms with E-state index in [9.17, 15) is 4.79 Å². The van der Waals surface area contributed by atoms with Crippen LogP contribution in [0, 0.1) is 0 Å². The van der Waals surface area contributed by atoms with E-state index in [0.717, 1.165) is 0 Å². The summed E-state index contributed by atoms with van der Waals surface area (Å²) >= 11 is 1.63. The lowest BCUT2D eigenvalue weighted by Crippen LogP contribution is -2.44. The van der Waals surface area contributed by atoms with Crippen LogP contribution in [0.4, 0.5) is 0 Å². The van der Waals surface area contributed by atoms with Gasteiger partial charge in [0, 0.05) is 0 Å². The quantitative estimate of drug-likeness (QED) is 0.268. The van der Waals surface area contributed by atoms with E-state index in [1.807, 2.05) is 0 Å². The summed E-state index contributed by atoms with van der Waals surface area (Å²) in [6.45, 7) is -0.652. The van der Waals surface area contributed by atoms with Crippen molar-refractivity contribution in [1.29, 1.82) is 0 Å². The Morgan fingerprint density at radius 2 is 1.75 bits per heavy atom. The van der Waals surface area contributed by atoms with Gasteiger partial charge in [-0.05, 0) is 0 Å². The first-order chi connectivity index (χ1) is 5.54. The molecule has 0 radical (unpaired) electrons. The van der Waals surface area contributed by atoms with Gasteiger partial charge in [0.05, 0.1) is 10.5 Å². The minimum Gasteiger partial charge on any atom is -0.394 e. The molecule has 4 N–H and O–H groups in total. The molecule has 0 amide bonds. The number of aliphatic hydroxyl groups excluding tert-OH is 4. The van der Waals surface area contributed by atoms with Crippen molar-refractivity contribution >= 4 is 28.9 Å². The Morgan fingerprint density at radius 1 is 1.25 bits per heavy atom. The van der Waals surface area contributed by atoms with Crippen LogP contribution < -0.4 is 0 Å². The summed E-state index contributed by atoms with van der Waals surface area (Å²) in [5.41, 5.74) is 0. The molecular weight excluding hydrogens is 279 g/mol. The second-order valence-electron chi connectivity index (χ2n) is 2.31. The van der Waals surface area contributed by atoms with Crippen LogP contribution in [0.2, 0.25) is 0 Å². The Kier molecular flexibility index (Phi) is 5.93. The minimum absolute atomic E-state index is 0.457. The molecule has 5 nitrogen and oxygen atoms in total. The number of alkyl halides is 1. The number of halogens is 1. The van der Waals surface area contributed by atoms with Gasteiger partial charge in [-0.25, -0.2) is 0 Å². The van der Waals surface area contributed by atoms with E-state index in [-0.39, 0.29) is 0 Å². The largest absolute Gasteiger partial charge is 0.394 e. The smallest absolute Gasteiger partial charge is 0.135 e. The zero-order valence-corrected chi connectivity index (χ0v) is 8.33. The standard InChI is InChI=1S/C6H11IO5/c7-3(1-8)5(11)6(12)4(10)2-9/h1,3-6,9-12H,2H2/t3-,4+,5+,6+/m0/s1. The van der Waals surface area contributed by atoms with Gasteiger partial charge in [0.2, 0.25) is 0 Å². The Balaban J connectivity index is 4.07. The Labute approximate surface area is 83.2 Å². The fourth-order valence-electron chi connectivity index (χ4n) is 0.604. The van der Waals surface area contributed by atoms with Crippen molar-refractivity contribution in [2.45, 2.75) is 22.2 Å². The molecule has 72 valence electrons. The van der Waals surface area contributed by atoms with E-state index >= 15 is 0 Å². The molecule has 0 aromatic heterocycles. The molecule has 0 aromatic rings. The van der Waals surface area contributed by atoms with E-state index in [0.29, 0.717) is 6.29 Å². The molecule has 0 aromatic carbocycles. The third-order valence-corrected chi connectivity index (χ3v) is 2.42. The summed E-state index contributed by atoms with van der Waals surface area (Å²) in [4.78, 5) is 10.1. The highest BCUT2D eigenvalue weighted by molar-refractivity contribution is 14.1. The molecule has 0 aliphatic carbocycles. The van der Waals surface area contributed by atoms with Gasteiger partial charge in [-0.1, -0.05) is 22.6 Å². The summed E-state index contributed by atoms with van der Waals surface area (Å²) < 4.78 is -0.793. The second-order valence-corrected chi connectivity index (χ2v) is 3.75. The van der Waals surface area contributed by atoms with Crippen molar-refractivity contribution < 1.29 is 25.2 Å². The molecule has 0 saturated heterocycles. The topological polar surface area (TPSA) is 98.0 Å². The van der Waals surface area contributed by atoms with Crippen LogP contribution >= 0.6 is 22.6 Å². The number of hydrogen-bond donors (Lipinski definition) is 4. The van der Waals surface area contributed by atoms with Crippen molar-refractivity contribution in [1.82, 2.24) is 0 Å². The number of carbonyl (C=O) groups excluding carboxylic acids is 1. The fraction of sp³-hybridized carbons (Fsp3) is 0.833. The van der Waals surface area contributed by atoms with Crippen LogP contribution in [0.5, 0.6) is 0 Å². The molecule has 12 heavy (non-hydrogen) atoms. The van der Waals surface area contributed by atoms with E-state index in [4.69, 9.17) is 20.4 Å². The summed E-state index contributed by atoms with van der Waals surface area (Å²) in [5, 5.41) is 35.5. The van der Waals surface area contributed by atoms with Crippen molar-refractivity contribution in [3.05, 3.63) is 0 Å². The van der Waals surface area contributed by atoms with Crippen molar-refractivity contribution in [2.75, 3.05) is 6.61 Å². The maximum absolute atomic E-state index is 10.1. The van der Waals surface area contributed by atoms with E-state index in [1.54, 1.807) is 22.6 Å². The monoisotopic (exact) mass is 290 g/mol. The van der Waals surface area contributed by atoms with Gasteiger partial charge >= 0.3 is 0 Å². The Hall–Kier alpha value is 0.240. The number of hydrogen-bond acceptors (Lipinski definition) is 5. The van der Waals surface area contributed by atoms with Gasteiger partial charge in [0.15, 0.2) is 0 Å². The van der Waals surface area contributed by atoms with Gasteiger partial charge in [0.25, 0.3) is 0 Å². The van der Waals surface area contributed by atoms with Crippen molar-refractivity contribution in [2.24, 2.45) is 0 Å². The molecule has 0 bridgehead atoms. The van der Waals surface area contributed by atoms with Gasteiger partial charge in [-0.15, -0.1) is 0 Å². The average molecular weight is 290 g/mol. The molecule has 0 fully saturated rings. The number of aldehydes is 1. The average Bonchev–Trinajstić information content (AvgIpc) is 2.12. The first-order valence-corrected chi connectivity index (χ1v) is 4.53. The summed E-state index contributed by atoms with van der Waals surface area (Å²) in [6, 6.07) is 0. The highest BCUT2D eigenvalue weighted by atomic mass is 127. The van der Waals surface area contributed by atoms with Gasteiger partial charge in [0.1, 0.15) is 24.6 Å². The molecule has 0 aliphatic heterocycles. The maximum Gasteiger partial charge on any atom is 0.135 e. The maximum atomic E-state index is 10.1. The zero-order chi connectivity index (χ0) is 9.72. The predicted octanol–water partition coefficient (Wildman–Crippen LogP) is -1.94. The second kappa shape index (κ2) is 5.81. The normalized spacial score (nSPS) is 21.1. The number of carbonyl (C=O) groups is 1. The summed E-state index contributed by atoms with van der Waals surface area (Å²) in [5.74, 6) is 0. The van der Waals surface area contributed by atoms with Crippen LogP contribution in [0.1, 0.15) is 0 Å². The van der Waals surface area contributed by atoms with Crippen LogP contribution in [0.3, 0.4) is 0 Å². The molecule has 0 unspecified atom stereocenters. The lowest BCUT2D eigenvalue weighted by Gasteiger charge is -2.22. The van der Waals surface area contributed by atoms with Crippen LogP contribution in [0.15, 0.2) is 0 Å². The summed E-state index contributed by atoms with van der Waals surface area (Å²) in [6.07, 6.45) is -3.82. The number of rotatable bonds is 5. The lowest BCUT2D eigenvalue weighted by atomic mass is 10.1. The Bertz CT molecular complexity index is 142. The molecule has 0 rings (SSSR count). The highest BCUT2D eigenvalue weighted by Crippen LogP contribution is 2.10. The van der Waals surface area contributed by atoms with E-state index in [1.165, 1.54) is 0 Å². The minimum atomic E-state index is -1.50. The molecule has 0 spiro atoms. The predicted molar refractivity (Wildman–Crippen MR) is 49.0 cm³/mol. The van der Waals surface area contributed by atoms with Crippen LogP contribution in [-0.2, 0) is 4.79 Å². The molecule has 0 heterocycles. The van der Waals surface area contributed by atoms with Crippen LogP contribution in [0.25, 0.3) is 0 Å². The van der Waals surface area contributed by atoms with E-state index < -0.39 is 28.8 Å². The first kappa shape index (κ1) is 12.2. The first-order valence-electron chi connectivity index (χ1n) is 3.29. The third kappa shape index (κ3) is 3.31. The molecule has 6 heteroatoms. The highest BCUT2D eigenvalue weighted by Gasteiger charge is 2.29. The van der Waals surface area contributed by atoms with E-state index in [2.05, 4.69) is 0 Å². The molecular formula is C6H11IO5. The van der Waals surface area contributed by atoms with Gasteiger partial charge in [-0.2, -0.15) is 0 Å². The fourth-order valence-corrected chi connectivity index (χ4v) is 1.03. The molecule has 4 atom stereocenters. The third-order valence-electron chi connectivity index (χ3n) is 1.39. The molecule has 0 saturated carbocycles. The molecule has 0 aliphatic rings. The van der Waals surface area contributed by atoms with Crippen LogP contribution in [-0.4, -0.2) is 55.6 Å². The number of aliphatic hydroxyl groups is 4. The summed E-state index contributed by atoms with van der Waals surface area (Å²) in [7, 11) is 0. The Morgan fingerprint density at radius 3 is 2.08 bits per heavy atom.